The van der Waals surface area contributed by atoms with Gasteiger partial charge in [0.1, 0.15) is 15.7 Å². The topological polar surface area (TPSA) is 116 Å². The maximum Gasteiger partial charge on any atom is 0.183 e. The third-order valence-corrected chi connectivity index (χ3v) is 3.47. The molecule has 0 aromatic carbocycles. The van der Waals surface area contributed by atoms with Crippen LogP contribution in [-0.4, -0.2) is 37.2 Å². The lowest BCUT2D eigenvalue weighted by Gasteiger charge is -2.11. The molecule has 1 unspecified atom stereocenters. The fraction of sp³-hybridized carbons (Fsp3) is 0.400. The van der Waals surface area contributed by atoms with Gasteiger partial charge >= 0.3 is 0 Å². The van der Waals surface area contributed by atoms with Gasteiger partial charge in [0.05, 0.1) is 22.4 Å². The Balaban J connectivity index is 2.83. The van der Waals surface area contributed by atoms with Crippen molar-refractivity contribution in [3.8, 4) is 0 Å². The molecule has 0 radical (unpaired) electrons. The number of nitrogens with two attached hydrogens (primary N) is 2. The minimum absolute atomic E-state index is 0.0270. The fourth-order valence-electron chi connectivity index (χ4n) is 1.32. The van der Waals surface area contributed by atoms with Crippen molar-refractivity contribution in [1.82, 2.24) is 4.98 Å². The number of pyridine rings is 1. The molecule has 0 aliphatic carbocycles. The summed E-state index contributed by atoms with van der Waals surface area (Å²) in [6, 6.07) is 0.425. The van der Waals surface area contributed by atoms with E-state index < -0.39 is 21.7 Å². The lowest BCUT2D eigenvalue weighted by molar-refractivity contribution is 0.0960. The van der Waals surface area contributed by atoms with Crippen LogP contribution in [0.2, 0.25) is 5.02 Å². The van der Waals surface area contributed by atoms with Gasteiger partial charge in [-0.05, 0) is 12.5 Å². The Morgan fingerprint density at radius 1 is 1.56 bits per heavy atom. The molecule has 0 amide bonds. The normalized spacial score (nSPS) is 13.3. The van der Waals surface area contributed by atoms with Crippen LogP contribution in [0.4, 0.5) is 5.82 Å². The van der Waals surface area contributed by atoms with Crippen LogP contribution in [0.1, 0.15) is 16.8 Å². The summed E-state index contributed by atoms with van der Waals surface area (Å²) in [5.41, 5.74) is 11.3. The Labute approximate surface area is 110 Å². The van der Waals surface area contributed by atoms with E-state index in [2.05, 4.69) is 4.98 Å². The number of carbonyl (C=O) groups is 1. The Bertz CT molecular complexity index is 559. The van der Waals surface area contributed by atoms with Gasteiger partial charge in [-0.2, -0.15) is 0 Å². The number of ketones is 1. The second-order valence-electron chi connectivity index (χ2n) is 3.98. The van der Waals surface area contributed by atoms with Gasteiger partial charge in [-0.1, -0.05) is 11.6 Å². The highest BCUT2D eigenvalue weighted by Gasteiger charge is 2.20. The highest BCUT2D eigenvalue weighted by molar-refractivity contribution is 7.90. The van der Waals surface area contributed by atoms with Crippen molar-refractivity contribution < 1.29 is 13.2 Å². The third-order valence-electron chi connectivity index (χ3n) is 2.29. The van der Waals surface area contributed by atoms with Crippen LogP contribution in [-0.2, 0) is 9.84 Å². The first-order valence-corrected chi connectivity index (χ1v) is 7.53. The fourth-order valence-corrected chi connectivity index (χ4v) is 2.16. The Morgan fingerprint density at radius 3 is 2.72 bits per heavy atom. The molecule has 18 heavy (non-hydrogen) atoms. The number of Topliss-reactive ketones (excluding diaryl/α,β-unsaturated/α-hetero) is 1. The predicted molar refractivity (Wildman–Crippen MR) is 70.3 cm³/mol. The van der Waals surface area contributed by atoms with Crippen LogP contribution in [0.15, 0.2) is 12.3 Å². The second kappa shape index (κ2) is 5.64. The number of hydrogen-bond acceptors (Lipinski definition) is 6. The molecule has 4 N–H and O–H groups in total. The van der Waals surface area contributed by atoms with Gasteiger partial charge in [0.15, 0.2) is 5.78 Å². The van der Waals surface area contributed by atoms with E-state index in [1.165, 1.54) is 12.3 Å². The lowest BCUT2D eigenvalue weighted by Crippen LogP contribution is -2.33. The lowest BCUT2D eigenvalue weighted by atomic mass is 10.0. The monoisotopic (exact) mass is 291 g/mol. The van der Waals surface area contributed by atoms with Crippen molar-refractivity contribution in [3.05, 3.63) is 22.8 Å². The number of halogens is 1. The van der Waals surface area contributed by atoms with E-state index in [0.717, 1.165) is 6.26 Å². The largest absolute Gasteiger partial charge is 0.383 e. The van der Waals surface area contributed by atoms with E-state index in [1.807, 2.05) is 0 Å². The molecule has 0 saturated heterocycles. The molecule has 1 aromatic heterocycles. The standard InChI is InChI=1S/C10H14ClN3O3S/c1-18(16,17)3-2-8(12)9(15)7-4-6(11)5-14-10(7)13/h4-5,8H,2-3,12H2,1H3,(H2,13,14). The van der Waals surface area contributed by atoms with E-state index in [9.17, 15) is 13.2 Å². The molecule has 1 rings (SSSR count). The zero-order valence-corrected chi connectivity index (χ0v) is 11.3. The maximum absolute atomic E-state index is 11.9. The first-order chi connectivity index (χ1) is 8.20. The molecule has 0 aliphatic rings. The van der Waals surface area contributed by atoms with E-state index in [-0.39, 0.29) is 28.6 Å². The molecule has 8 heteroatoms. The molecule has 1 atom stereocenters. The zero-order valence-electron chi connectivity index (χ0n) is 9.76. The van der Waals surface area contributed by atoms with E-state index in [0.29, 0.717) is 0 Å². The van der Waals surface area contributed by atoms with Crippen molar-refractivity contribution in [1.29, 1.82) is 0 Å². The summed E-state index contributed by atoms with van der Waals surface area (Å²) >= 11 is 5.71. The highest BCUT2D eigenvalue weighted by atomic mass is 35.5. The molecule has 0 saturated carbocycles. The van der Waals surface area contributed by atoms with Crippen LogP contribution < -0.4 is 11.5 Å². The summed E-state index contributed by atoms with van der Waals surface area (Å²) < 4.78 is 22.0. The average molecular weight is 292 g/mol. The molecule has 0 fully saturated rings. The molecule has 0 aliphatic heterocycles. The van der Waals surface area contributed by atoms with Gasteiger partial charge in [0.25, 0.3) is 0 Å². The van der Waals surface area contributed by atoms with Gasteiger partial charge in [-0.25, -0.2) is 13.4 Å². The Hall–Kier alpha value is -1.18. The number of carbonyl (C=O) groups excluding carboxylic acids is 1. The molecule has 1 aromatic rings. The minimum atomic E-state index is -3.16. The van der Waals surface area contributed by atoms with Crippen LogP contribution in [0, 0.1) is 0 Å². The van der Waals surface area contributed by atoms with Gasteiger partial charge < -0.3 is 11.5 Å². The molecule has 100 valence electrons. The first-order valence-electron chi connectivity index (χ1n) is 5.09. The van der Waals surface area contributed by atoms with Crippen molar-refractivity contribution in [2.75, 3.05) is 17.7 Å². The molecular formula is C10H14ClN3O3S. The number of aromatic nitrogens is 1. The number of hydrogen-bond donors (Lipinski definition) is 2. The highest BCUT2D eigenvalue weighted by Crippen LogP contribution is 2.17. The summed E-state index contributed by atoms with van der Waals surface area (Å²) in [6.45, 7) is 0. The molecule has 1 heterocycles. The number of sulfone groups is 1. The number of rotatable bonds is 5. The van der Waals surface area contributed by atoms with Gasteiger partial charge in [0, 0.05) is 12.5 Å². The smallest absolute Gasteiger partial charge is 0.183 e. The van der Waals surface area contributed by atoms with E-state index >= 15 is 0 Å². The molecule has 0 spiro atoms. The van der Waals surface area contributed by atoms with Crippen molar-refractivity contribution in [3.63, 3.8) is 0 Å². The van der Waals surface area contributed by atoms with E-state index in [1.54, 1.807) is 0 Å². The van der Waals surface area contributed by atoms with Gasteiger partial charge in [-0.3, -0.25) is 4.79 Å². The summed E-state index contributed by atoms with van der Waals surface area (Å²) in [4.78, 5) is 15.7. The van der Waals surface area contributed by atoms with E-state index in [4.69, 9.17) is 23.1 Å². The van der Waals surface area contributed by atoms with Crippen LogP contribution in [0.5, 0.6) is 0 Å². The maximum atomic E-state index is 11.9. The van der Waals surface area contributed by atoms with Gasteiger partial charge in [-0.15, -0.1) is 0 Å². The number of nitrogens with zero attached hydrogens (tertiary/aromatic N) is 1. The van der Waals surface area contributed by atoms with Crippen molar-refractivity contribution in [2.24, 2.45) is 5.73 Å². The third kappa shape index (κ3) is 4.25. The number of anilines is 1. The van der Waals surface area contributed by atoms with Gasteiger partial charge in [0.2, 0.25) is 0 Å². The van der Waals surface area contributed by atoms with Crippen LogP contribution in [0.25, 0.3) is 0 Å². The summed E-state index contributed by atoms with van der Waals surface area (Å²) in [6.07, 6.45) is 2.43. The van der Waals surface area contributed by atoms with Crippen molar-refractivity contribution >= 4 is 33.0 Å². The van der Waals surface area contributed by atoms with Crippen molar-refractivity contribution in [2.45, 2.75) is 12.5 Å². The number of nitrogen functional groups attached to an aromatic ring is 1. The molecular weight excluding hydrogens is 278 g/mol. The first kappa shape index (κ1) is 14.9. The quantitative estimate of drug-likeness (QED) is 0.752. The Morgan fingerprint density at radius 2 is 2.17 bits per heavy atom. The van der Waals surface area contributed by atoms with Crippen LogP contribution in [0.3, 0.4) is 0 Å². The Kier molecular flexibility index (Phi) is 4.66. The summed E-state index contributed by atoms with van der Waals surface area (Å²) in [7, 11) is -3.16. The molecule has 6 nitrogen and oxygen atoms in total. The predicted octanol–water partition coefficient (Wildman–Crippen LogP) is 0.262. The minimum Gasteiger partial charge on any atom is -0.383 e. The SMILES string of the molecule is CS(=O)(=O)CCC(N)C(=O)c1cc(Cl)cnc1N. The van der Waals surface area contributed by atoms with Crippen LogP contribution >= 0.6 is 11.6 Å². The summed E-state index contributed by atoms with van der Waals surface area (Å²) in [5.74, 6) is -0.598. The second-order valence-corrected chi connectivity index (χ2v) is 6.67. The molecule has 0 bridgehead atoms. The average Bonchev–Trinajstić information content (AvgIpc) is 2.27. The zero-order chi connectivity index (χ0) is 13.9. The summed E-state index contributed by atoms with van der Waals surface area (Å²) in [5, 5.41) is 0.267.